The van der Waals surface area contributed by atoms with E-state index in [1.807, 2.05) is 0 Å². The van der Waals surface area contributed by atoms with Crippen molar-refractivity contribution in [3.63, 3.8) is 0 Å². The molecule has 2 nitrogen and oxygen atoms in total. The molecular weight excluding hydrogens is 178 g/mol. The predicted octanol–water partition coefficient (Wildman–Crippen LogP) is 2.19. The average Bonchev–Trinajstić information content (AvgIpc) is 2.04. The Kier molecular flexibility index (Phi) is 2.95. The van der Waals surface area contributed by atoms with Crippen molar-refractivity contribution in [2.75, 3.05) is 0 Å². The molecule has 1 rings (SSSR count). The normalized spacial score (nSPS) is 10.4. The first-order valence-electron chi connectivity index (χ1n) is 3.70. The maximum atomic E-state index is 11.9. The van der Waals surface area contributed by atoms with Crippen molar-refractivity contribution < 1.29 is 18.7 Å². The second-order valence-electron chi connectivity index (χ2n) is 2.60. The highest BCUT2D eigenvalue weighted by Crippen LogP contribution is 2.09. The van der Waals surface area contributed by atoms with Gasteiger partial charge in [-0.2, -0.15) is 0 Å². The number of rotatable bonds is 3. The van der Waals surface area contributed by atoms with Crippen LogP contribution in [0.15, 0.2) is 24.3 Å². The van der Waals surface area contributed by atoms with Gasteiger partial charge in [0.25, 0.3) is 0 Å². The molecule has 0 aliphatic carbocycles. The molecule has 1 aromatic rings. The number of aromatic carboxylic acids is 1. The number of carbonyl (C=O) groups is 1. The highest BCUT2D eigenvalue weighted by atomic mass is 19.3. The highest BCUT2D eigenvalue weighted by Gasteiger charge is 2.05. The largest absolute Gasteiger partial charge is 0.478 e. The zero-order chi connectivity index (χ0) is 9.84. The molecule has 4 heteroatoms. The van der Waals surface area contributed by atoms with Crippen molar-refractivity contribution in [1.29, 1.82) is 0 Å². The summed E-state index contributed by atoms with van der Waals surface area (Å²) in [6.45, 7) is 0. The average molecular weight is 186 g/mol. The molecule has 70 valence electrons. The molecule has 0 atom stereocenters. The summed E-state index contributed by atoms with van der Waals surface area (Å²) in [5, 5.41) is 8.51. The molecule has 0 saturated carbocycles. The SMILES string of the molecule is O=C(O)c1ccc(CC(F)F)cc1. The van der Waals surface area contributed by atoms with E-state index in [-0.39, 0.29) is 12.0 Å². The standard InChI is InChI=1S/C9H8F2O2/c10-8(11)5-6-1-3-7(4-2-6)9(12)13/h1-4,8H,5H2,(H,12,13). The molecule has 13 heavy (non-hydrogen) atoms. The summed E-state index contributed by atoms with van der Waals surface area (Å²) in [4.78, 5) is 10.4. The highest BCUT2D eigenvalue weighted by molar-refractivity contribution is 5.87. The van der Waals surface area contributed by atoms with E-state index in [2.05, 4.69) is 0 Å². The van der Waals surface area contributed by atoms with Gasteiger partial charge in [-0.15, -0.1) is 0 Å². The van der Waals surface area contributed by atoms with Gasteiger partial charge >= 0.3 is 5.97 Å². The zero-order valence-corrected chi connectivity index (χ0v) is 6.71. The van der Waals surface area contributed by atoms with E-state index < -0.39 is 12.4 Å². The summed E-state index contributed by atoms with van der Waals surface area (Å²) in [7, 11) is 0. The predicted molar refractivity (Wildman–Crippen MR) is 43.1 cm³/mol. The fraction of sp³-hybridized carbons (Fsp3) is 0.222. The number of halogens is 2. The van der Waals surface area contributed by atoms with Crippen LogP contribution in [0.2, 0.25) is 0 Å². The minimum Gasteiger partial charge on any atom is -0.478 e. The van der Waals surface area contributed by atoms with Gasteiger partial charge in [0.1, 0.15) is 0 Å². The van der Waals surface area contributed by atoms with E-state index in [0.717, 1.165) is 0 Å². The molecule has 0 heterocycles. The van der Waals surface area contributed by atoms with Crippen molar-refractivity contribution >= 4 is 5.97 Å². The van der Waals surface area contributed by atoms with Gasteiger partial charge in [0, 0.05) is 6.42 Å². The number of carboxylic acid groups (broad SMARTS) is 1. The fourth-order valence-corrected chi connectivity index (χ4v) is 0.962. The molecule has 0 aliphatic heterocycles. The Bertz CT molecular complexity index is 293. The van der Waals surface area contributed by atoms with Crippen LogP contribution >= 0.6 is 0 Å². The second-order valence-corrected chi connectivity index (χ2v) is 2.60. The third kappa shape index (κ3) is 2.82. The van der Waals surface area contributed by atoms with Gasteiger partial charge in [-0.1, -0.05) is 12.1 Å². The Hall–Kier alpha value is -1.45. The first-order valence-corrected chi connectivity index (χ1v) is 3.70. The van der Waals surface area contributed by atoms with Crippen LogP contribution in [-0.2, 0) is 6.42 Å². The van der Waals surface area contributed by atoms with E-state index in [4.69, 9.17) is 5.11 Å². The van der Waals surface area contributed by atoms with Gasteiger partial charge in [0.2, 0.25) is 6.43 Å². The lowest BCUT2D eigenvalue weighted by Gasteiger charge is -2.00. The number of carboxylic acids is 1. The first kappa shape index (κ1) is 9.64. The Labute approximate surface area is 73.8 Å². The molecule has 0 spiro atoms. The van der Waals surface area contributed by atoms with Crippen molar-refractivity contribution in [3.05, 3.63) is 35.4 Å². The van der Waals surface area contributed by atoms with Crippen molar-refractivity contribution in [1.82, 2.24) is 0 Å². The number of hydrogen-bond acceptors (Lipinski definition) is 1. The second kappa shape index (κ2) is 3.98. The zero-order valence-electron chi connectivity index (χ0n) is 6.71. The van der Waals surface area contributed by atoms with Crippen molar-refractivity contribution in [2.45, 2.75) is 12.8 Å². The summed E-state index contributed by atoms with van der Waals surface area (Å²) in [6, 6.07) is 5.44. The van der Waals surface area contributed by atoms with E-state index >= 15 is 0 Å². The van der Waals surface area contributed by atoms with E-state index in [0.29, 0.717) is 5.56 Å². The van der Waals surface area contributed by atoms with Crippen LogP contribution in [0, 0.1) is 0 Å². The Balaban J connectivity index is 2.75. The number of benzene rings is 1. The third-order valence-corrected chi connectivity index (χ3v) is 1.59. The first-order chi connectivity index (χ1) is 6.09. The van der Waals surface area contributed by atoms with Gasteiger partial charge in [-0.25, -0.2) is 13.6 Å². The third-order valence-electron chi connectivity index (χ3n) is 1.59. The minimum atomic E-state index is -2.39. The summed E-state index contributed by atoms with van der Waals surface area (Å²) >= 11 is 0. The molecule has 0 aliphatic rings. The van der Waals surface area contributed by atoms with Crippen LogP contribution in [0.5, 0.6) is 0 Å². The van der Waals surface area contributed by atoms with Crippen molar-refractivity contribution in [3.8, 4) is 0 Å². The van der Waals surface area contributed by atoms with Crippen LogP contribution in [0.1, 0.15) is 15.9 Å². The molecular formula is C9H8F2O2. The van der Waals surface area contributed by atoms with Crippen LogP contribution in [0.4, 0.5) is 8.78 Å². The van der Waals surface area contributed by atoms with E-state index in [1.54, 1.807) is 0 Å². The molecule has 0 bridgehead atoms. The molecule has 0 radical (unpaired) electrons. The Morgan fingerprint density at radius 1 is 1.31 bits per heavy atom. The van der Waals surface area contributed by atoms with Gasteiger partial charge < -0.3 is 5.11 Å². The number of alkyl halides is 2. The maximum absolute atomic E-state index is 11.9. The molecule has 0 saturated heterocycles. The smallest absolute Gasteiger partial charge is 0.335 e. The van der Waals surface area contributed by atoms with Crippen LogP contribution in [0.3, 0.4) is 0 Å². The summed E-state index contributed by atoms with van der Waals surface area (Å²) < 4.78 is 23.7. The number of hydrogen-bond donors (Lipinski definition) is 1. The summed E-state index contributed by atoms with van der Waals surface area (Å²) in [5.74, 6) is -1.05. The summed E-state index contributed by atoms with van der Waals surface area (Å²) in [5.41, 5.74) is 0.554. The summed E-state index contributed by atoms with van der Waals surface area (Å²) in [6.07, 6.45) is -2.73. The molecule has 1 N–H and O–H groups in total. The van der Waals surface area contributed by atoms with Gasteiger partial charge in [0.05, 0.1) is 5.56 Å². The topological polar surface area (TPSA) is 37.3 Å². The van der Waals surface area contributed by atoms with Crippen LogP contribution in [0.25, 0.3) is 0 Å². The van der Waals surface area contributed by atoms with Gasteiger partial charge in [-0.3, -0.25) is 0 Å². The van der Waals surface area contributed by atoms with Gasteiger partial charge in [-0.05, 0) is 17.7 Å². The molecule has 0 unspecified atom stereocenters. The van der Waals surface area contributed by atoms with E-state index in [9.17, 15) is 13.6 Å². The molecule has 0 fully saturated rings. The Morgan fingerprint density at radius 3 is 2.23 bits per heavy atom. The lowest BCUT2D eigenvalue weighted by atomic mass is 10.1. The maximum Gasteiger partial charge on any atom is 0.335 e. The van der Waals surface area contributed by atoms with E-state index in [1.165, 1.54) is 24.3 Å². The lowest BCUT2D eigenvalue weighted by molar-refractivity contribution is 0.0697. The minimum absolute atomic E-state index is 0.109. The fourth-order valence-electron chi connectivity index (χ4n) is 0.962. The monoisotopic (exact) mass is 186 g/mol. The lowest BCUT2D eigenvalue weighted by Crippen LogP contribution is -1.99. The molecule has 0 aromatic heterocycles. The van der Waals surface area contributed by atoms with Gasteiger partial charge in [0.15, 0.2) is 0 Å². The van der Waals surface area contributed by atoms with Crippen molar-refractivity contribution in [2.24, 2.45) is 0 Å². The van der Waals surface area contributed by atoms with Crippen LogP contribution < -0.4 is 0 Å². The Morgan fingerprint density at radius 2 is 1.85 bits per heavy atom. The van der Waals surface area contributed by atoms with Crippen LogP contribution in [-0.4, -0.2) is 17.5 Å². The quantitative estimate of drug-likeness (QED) is 0.785. The molecule has 1 aromatic carbocycles. The molecule has 0 amide bonds.